The summed E-state index contributed by atoms with van der Waals surface area (Å²) < 4.78 is 44.8. The maximum atomic E-state index is 13.6. The molecule has 0 atom stereocenters. The smallest absolute Gasteiger partial charge is 0.373 e. The number of primary amides is 6. The fraction of sp³-hybridized carbons (Fsp3) is 0.348. The number of carbonyl (C=O) groups excluding carboxylic acids is 8. The van der Waals surface area contributed by atoms with Crippen LogP contribution in [0.1, 0.15) is 142 Å². The van der Waals surface area contributed by atoms with E-state index < -0.39 is 101 Å². The van der Waals surface area contributed by atoms with Gasteiger partial charge in [0.25, 0.3) is 34.6 Å². The number of benzene rings is 6. The van der Waals surface area contributed by atoms with Gasteiger partial charge in [-0.05, 0) is 120 Å². The van der Waals surface area contributed by atoms with Gasteiger partial charge < -0.3 is 124 Å². The molecule has 0 aliphatic heterocycles. The van der Waals surface area contributed by atoms with Crippen LogP contribution in [0.2, 0.25) is 41.8 Å². The number of imidazole rings is 2. The number of aliphatic hydroxyl groups is 1. The number of anilines is 4. The van der Waals surface area contributed by atoms with Crippen molar-refractivity contribution in [3.8, 4) is 34.5 Å². The first-order valence-corrected chi connectivity index (χ1v) is 49.2. The number of halogens is 3. The van der Waals surface area contributed by atoms with Gasteiger partial charge in [-0.1, -0.05) is 92.6 Å². The van der Waals surface area contributed by atoms with Crippen molar-refractivity contribution in [3.63, 3.8) is 0 Å². The van der Waals surface area contributed by atoms with Crippen LogP contribution in [-0.2, 0) is 30.6 Å². The number of aryl methyl sites for hydroxylation is 4. The zero-order chi connectivity index (χ0) is 112. The standard InChI is InChI=1S/C38H44N12O7.C16H25ClN2O5Si.C13H19BN4O5.C12H16N4O4.C8H7ClN2O4.C5H13BN2O.ClH/c1-6-49-27(15-21(3)45-49)35(54)43-37-41-25-17-23(33(39)52)19-29(56-5)31(25)47(37)11-8-9-12-48-32-26(18-24(34(40)53)20-30(32)57-14-10-13-51)42-38(48)44-36(55)28-16-22(4)46-50(28)7-2;1-16(2,3)25(4,5)24-8-6-7-23-13-10-11(15(18)20)9-12(14(13)17)19(21)22;1-14(20)17-6-4-3-5-16-12-10(18(21)22)7-9(13(15)19)8-11(12)23-2;1-20-10-7-8(12(14)17)6-9(16(18)19)11(10)15-5-3-2-4-13;1-15-6-3-4(8(10)12)2-5(7(6)9)11(13)14;1-6(9)8-5-3-2-4-7;/h8-9,15-20,51H,6-7,10-14H2,1-5H3,(H2,39,52)(H2,40,53)(H,41,43,54)(H,42,44,55);9-10H,6-8H2,1-5H3,(H2,18,20);3-4,7-8,16-17,20H,5-6H2,1-2H3,(H2,15,19);2-3,6-7,15H,4-5,13H2,1H3,(H2,14,17);2-3H,1H3,(H2,10,12);2-3,8-9H,4-5,7H2,1H3;1H/b9-8+;;4-3+;3-2+;;3-2+;. The summed E-state index contributed by atoms with van der Waals surface area (Å²) in [6.45, 7) is 26.1. The minimum atomic E-state index is -1.82. The Kier molecular flexibility index (Phi) is 51.6. The van der Waals surface area contributed by atoms with Gasteiger partial charge in [0.15, 0.2) is 29.7 Å². The topological polar surface area (TPSA) is 786 Å². The molecule has 6 aromatic carbocycles. The van der Waals surface area contributed by atoms with Crippen LogP contribution >= 0.6 is 35.6 Å². The first kappa shape index (κ1) is 127. The Morgan fingerprint density at radius 1 is 0.460 bits per heavy atom. The van der Waals surface area contributed by atoms with E-state index >= 15 is 0 Å². The van der Waals surface area contributed by atoms with Crippen molar-refractivity contribution in [2.45, 2.75) is 119 Å². The highest BCUT2D eigenvalue weighted by molar-refractivity contribution is 6.74. The summed E-state index contributed by atoms with van der Waals surface area (Å²) in [4.78, 5) is 147. The van der Waals surface area contributed by atoms with E-state index in [1.807, 2.05) is 38.2 Å². The molecule has 810 valence electrons. The zero-order valence-electron chi connectivity index (χ0n) is 85.1. The van der Waals surface area contributed by atoms with Crippen molar-refractivity contribution < 1.29 is 106 Å². The number of hydrogen-bond acceptors (Lipinski definition) is 36. The van der Waals surface area contributed by atoms with E-state index in [1.54, 1.807) is 82.4 Å². The van der Waals surface area contributed by atoms with Crippen LogP contribution in [-0.4, -0.2) is 237 Å². The molecule has 0 spiro atoms. The monoisotopic (exact) mass is 2160 g/mol. The molecule has 0 unspecified atom stereocenters. The van der Waals surface area contributed by atoms with E-state index in [1.165, 1.54) is 77.0 Å². The number of rotatable bonds is 48. The lowest BCUT2D eigenvalue weighted by Gasteiger charge is -2.36. The van der Waals surface area contributed by atoms with Crippen molar-refractivity contribution in [1.82, 2.24) is 49.1 Å². The quantitative estimate of drug-likeness (QED) is 0.00555. The van der Waals surface area contributed by atoms with Crippen molar-refractivity contribution in [2.75, 3.05) is 115 Å². The summed E-state index contributed by atoms with van der Waals surface area (Å²) >= 11 is 11.6. The lowest BCUT2D eigenvalue weighted by molar-refractivity contribution is -0.384. The van der Waals surface area contributed by atoms with E-state index in [4.69, 9.17) is 112 Å². The van der Waals surface area contributed by atoms with Gasteiger partial charge in [0.1, 0.15) is 56.9 Å². The molecule has 0 aliphatic rings. The molecular formula is C92H125B2Cl3N26O26Si. The molecule has 0 bridgehead atoms. The van der Waals surface area contributed by atoms with Crippen molar-refractivity contribution in [3.05, 3.63) is 240 Å². The van der Waals surface area contributed by atoms with Crippen LogP contribution in [0.25, 0.3) is 22.1 Å². The molecule has 0 saturated heterocycles. The molecular weight excluding hydrogens is 2040 g/mol. The Morgan fingerprint density at radius 2 is 0.780 bits per heavy atom. The minimum absolute atomic E-state index is 0. The highest BCUT2D eigenvalue weighted by atomic mass is 35.5. The molecule has 150 heavy (non-hydrogen) atoms. The Balaban J connectivity index is 0.000000419. The molecule has 58 heteroatoms. The second kappa shape index (κ2) is 61.2. The fourth-order valence-corrected chi connectivity index (χ4v) is 14.5. The number of nitrogens with two attached hydrogens (primary N) is 8. The third-order valence-electron chi connectivity index (χ3n) is 21.3. The lowest BCUT2D eigenvalue weighted by atomic mass is 9.89. The van der Waals surface area contributed by atoms with Gasteiger partial charge in [0, 0.05) is 149 Å². The number of allylic oxidation sites excluding steroid dienone is 2. The number of aromatic nitrogens is 8. The Labute approximate surface area is 879 Å². The molecule has 4 heterocycles. The minimum Gasteiger partial charge on any atom is -0.495 e. The second-order valence-corrected chi connectivity index (χ2v) is 38.6. The van der Waals surface area contributed by atoms with Crippen LogP contribution in [0.5, 0.6) is 34.5 Å². The predicted octanol–water partition coefficient (Wildman–Crippen LogP) is 9.28. The van der Waals surface area contributed by atoms with E-state index in [2.05, 4.69) is 85.8 Å². The third kappa shape index (κ3) is 37.3. The number of ether oxygens (including phenoxy) is 6. The molecule has 10 rings (SSSR count). The van der Waals surface area contributed by atoms with Gasteiger partial charge >= 0.3 is 14.1 Å². The highest BCUT2D eigenvalue weighted by Gasteiger charge is 2.37. The first-order valence-electron chi connectivity index (χ1n) is 45.5. The molecule has 0 radical (unpaired) electrons. The number of nitro groups is 4. The third-order valence-corrected chi connectivity index (χ3v) is 26.6. The number of nitrogens with one attached hydrogen (secondary N) is 6. The number of carbonyl (C=O) groups is 8. The lowest BCUT2D eigenvalue weighted by Crippen LogP contribution is -2.41. The fourth-order valence-electron chi connectivity index (χ4n) is 13.0. The van der Waals surface area contributed by atoms with E-state index in [-0.39, 0.29) is 157 Å². The van der Waals surface area contributed by atoms with Crippen LogP contribution in [0.15, 0.2) is 134 Å². The summed E-state index contributed by atoms with van der Waals surface area (Å²) in [6, 6.07) is 18.9. The molecule has 10 aromatic rings. The first-order chi connectivity index (χ1) is 70.3. The predicted molar refractivity (Wildman–Crippen MR) is 573 cm³/mol. The van der Waals surface area contributed by atoms with Crippen molar-refractivity contribution in [1.29, 1.82) is 0 Å². The normalized spacial score (nSPS) is 11.0. The number of fused-ring (bicyclic) bond motifs is 2. The molecule has 0 saturated carbocycles. The molecule has 4 aromatic heterocycles. The molecule has 8 amide bonds. The van der Waals surface area contributed by atoms with Gasteiger partial charge in [-0.25, -0.2) is 9.97 Å². The molecule has 52 nitrogen and oxygen atoms in total. The van der Waals surface area contributed by atoms with Crippen molar-refractivity contribution in [2.24, 2.45) is 45.9 Å². The summed E-state index contributed by atoms with van der Waals surface area (Å²) in [6.07, 6.45) is 15.2. The SMILES string of the molecule is CB(O)NC/C=C/CN.CC(C)(C)[Si](C)(C)OCCCOc1cc(C(N)=O)cc([N+](=O)[O-])c1Cl.CCn1nc(C)cc1C(=O)Nc1nc2cc(C(N)=O)cc(OC)c2n1C/C=C/Cn1c(NC(=O)c2cc(C)nn2CC)nc2cc(C(N)=O)cc(OCCCO)c21.COc1cc(C(N)=O)cc([N+](=O)[O-])c1Cl.COc1cc(C(N)=O)cc([N+](=O)[O-])c1NC/C=C/CN.COc1cc(C(N)=O)cc([N+](=O)[O-])c1NC/C=C/CNB(C)O.Cl. The van der Waals surface area contributed by atoms with E-state index in [0.29, 0.717) is 122 Å². The largest absolute Gasteiger partial charge is 0.495 e. The highest BCUT2D eigenvalue weighted by Crippen LogP contribution is 2.42. The molecule has 25 N–H and O–H groups in total. The van der Waals surface area contributed by atoms with Gasteiger partial charge in [0.2, 0.25) is 47.3 Å². The van der Waals surface area contributed by atoms with Gasteiger partial charge in [-0.2, -0.15) is 10.2 Å². The average Bonchev–Trinajstić information content (AvgIpc) is 1.61. The van der Waals surface area contributed by atoms with Crippen LogP contribution in [0, 0.1) is 54.3 Å². The maximum Gasteiger partial charge on any atom is 0.373 e. The molecule has 0 aliphatic carbocycles. The van der Waals surface area contributed by atoms with Crippen LogP contribution in [0.3, 0.4) is 0 Å². The summed E-state index contributed by atoms with van der Waals surface area (Å²) in [5.74, 6) is -4.05. The second-order valence-electron chi connectivity index (χ2n) is 33.1. The Bertz CT molecular complexity index is 6570. The van der Waals surface area contributed by atoms with Gasteiger partial charge in [0.05, 0.1) is 83.8 Å². The van der Waals surface area contributed by atoms with Gasteiger partial charge in [-0.15, -0.1) is 12.4 Å². The number of nitro benzene ring substituents is 4. The maximum absolute atomic E-state index is 13.6. The number of nitrogens with zero attached hydrogens (tertiary/aromatic N) is 12. The number of amides is 8. The van der Waals surface area contributed by atoms with Crippen LogP contribution < -0.4 is 106 Å². The average molecular weight is 2170 g/mol. The Morgan fingerprint density at radius 3 is 1.13 bits per heavy atom. The summed E-state index contributed by atoms with van der Waals surface area (Å²) in [5.41, 5.74) is 45.1. The molecule has 0 fully saturated rings. The number of aliphatic hydroxyl groups excluding tert-OH is 1. The van der Waals surface area contributed by atoms with E-state index in [0.717, 1.165) is 24.3 Å². The summed E-state index contributed by atoms with van der Waals surface area (Å²) in [7, 11) is 2.56. The van der Waals surface area contributed by atoms with Crippen molar-refractivity contribution >= 4 is 173 Å². The zero-order valence-corrected chi connectivity index (χ0v) is 88.4. The number of hydrogen-bond donors (Lipinski definition) is 17. The number of methoxy groups -OCH3 is 4. The summed E-state index contributed by atoms with van der Waals surface area (Å²) in [5, 5.41) is 96.6. The van der Waals surface area contributed by atoms with E-state index in [9.17, 15) is 83.9 Å². The Hall–Kier alpha value is -15.7. The van der Waals surface area contributed by atoms with Gasteiger partial charge in [-0.3, -0.25) is 98.8 Å². The van der Waals surface area contributed by atoms with Crippen LogP contribution in [0.4, 0.5) is 46.0 Å².